The highest BCUT2D eigenvalue weighted by Crippen LogP contribution is 2.27. The molecule has 0 unspecified atom stereocenters. The van der Waals surface area contributed by atoms with Gasteiger partial charge in [-0.05, 0) is 30.2 Å². The van der Waals surface area contributed by atoms with Gasteiger partial charge in [-0.25, -0.2) is 18.8 Å². The number of methoxy groups -OCH3 is 2. The molecule has 0 saturated heterocycles. The van der Waals surface area contributed by atoms with Gasteiger partial charge in [0, 0.05) is 12.6 Å². The standard InChI is InChI=1S/C19H24F2N4O3/c1-26-15-7-6-13(10-16(15)27-2)8-9-23-19(22)24-11-14-4-3-5-18(25-14)28-12-17(20)21/h3-7,10,17H,8-9,11-12H2,1-2H3,(H3,22,23,24). The zero-order valence-corrected chi connectivity index (χ0v) is 15.8. The van der Waals surface area contributed by atoms with Gasteiger partial charge in [-0.3, -0.25) is 0 Å². The van der Waals surface area contributed by atoms with E-state index in [9.17, 15) is 8.78 Å². The number of alkyl halides is 2. The van der Waals surface area contributed by atoms with Crippen LogP contribution in [-0.2, 0) is 13.0 Å². The Labute approximate surface area is 162 Å². The largest absolute Gasteiger partial charge is 0.493 e. The van der Waals surface area contributed by atoms with Crippen molar-refractivity contribution in [1.82, 2.24) is 10.3 Å². The van der Waals surface area contributed by atoms with Gasteiger partial charge in [0.25, 0.3) is 6.43 Å². The summed E-state index contributed by atoms with van der Waals surface area (Å²) in [7, 11) is 3.18. The van der Waals surface area contributed by atoms with Crippen LogP contribution in [0, 0.1) is 0 Å². The van der Waals surface area contributed by atoms with Gasteiger partial charge in [0.2, 0.25) is 5.88 Å². The number of pyridine rings is 1. The second-order valence-electron chi connectivity index (χ2n) is 5.74. The minimum atomic E-state index is -2.55. The van der Waals surface area contributed by atoms with E-state index in [2.05, 4.69) is 15.3 Å². The van der Waals surface area contributed by atoms with Crippen molar-refractivity contribution in [2.45, 2.75) is 19.4 Å². The van der Waals surface area contributed by atoms with Crippen LogP contribution in [0.15, 0.2) is 41.4 Å². The number of hydrogen-bond donors (Lipinski definition) is 2. The first-order valence-electron chi connectivity index (χ1n) is 8.63. The van der Waals surface area contributed by atoms with Crippen LogP contribution >= 0.6 is 0 Å². The number of halogens is 2. The molecule has 0 spiro atoms. The maximum atomic E-state index is 12.2. The third kappa shape index (κ3) is 6.90. The van der Waals surface area contributed by atoms with Gasteiger partial charge in [-0.2, -0.15) is 0 Å². The third-order valence-electron chi connectivity index (χ3n) is 3.72. The quantitative estimate of drug-likeness (QED) is 0.475. The van der Waals surface area contributed by atoms with Gasteiger partial charge in [-0.15, -0.1) is 0 Å². The minimum absolute atomic E-state index is 0.132. The number of nitrogens with one attached hydrogen (secondary N) is 1. The normalized spacial score (nSPS) is 11.4. The van der Waals surface area contributed by atoms with E-state index in [1.807, 2.05) is 18.2 Å². The van der Waals surface area contributed by atoms with Gasteiger partial charge >= 0.3 is 0 Å². The van der Waals surface area contributed by atoms with Crippen LogP contribution in [0.2, 0.25) is 0 Å². The second kappa shape index (κ2) is 10.9. The van der Waals surface area contributed by atoms with E-state index in [1.54, 1.807) is 26.4 Å². The molecule has 0 amide bonds. The van der Waals surface area contributed by atoms with Crippen LogP contribution in [0.4, 0.5) is 8.78 Å². The first-order chi connectivity index (χ1) is 13.5. The fourth-order valence-electron chi connectivity index (χ4n) is 2.37. The zero-order chi connectivity index (χ0) is 20.4. The summed E-state index contributed by atoms with van der Waals surface area (Å²) in [5.74, 6) is 1.74. The average Bonchev–Trinajstić information content (AvgIpc) is 2.71. The minimum Gasteiger partial charge on any atom is -0.493 e. The number of guanidine groups is 1. The molecule has 2 aromatic rings. The van der Waals surface area contributed by atoms with Gasteiger partial charge in [0.15, 0.2) is 24.1 Å². The average molecular weight is 394 g/mol. The highest BCUT2D eigenvalue weighted by Gasteiger charge is 2.06. The Morgan fingerprint density at radius 1 is 1.18 bits per heavy atom. The third-order valence-corrected chi connectivity index (χ3v) is 3.72. The summed E-state index contributed by atoms with van der Waals surface area (Å²) >= 11 is 0. The molecule has 28 heavy (non-hydrogen) atoms. The van der Waals surface area contributed by atoms with Crippen molar-refractivity contribution in [2.75, 3.05) is 27.4 Å². The maximum absolute atomic E-state index is 12.2. The molecular formula is C19H24F2N4O3. The molecular weight excluding hydrogens is 370 g/mol. The topological polar surface area (TPSA) is 91.0 Å². The molecule has 1 aromatic carbocycles. The van der Waals surface area contributed by atoms with E-state index in [0.717, 1.165) is 5.56 Å². The molecule has 0 atom stereocenters. The van der Waals surface area contributed by atoms with E-state index in [1.165, 1.54) is 6.07 Å². The van der Waals surface area contributed by atoms with E-state index < -0.39 is 13.0 Å². The van der Waals surface area contributed by atoms with Crippen molar-refractivity contribution in [3.05, 3.63) is 47.7 Å². The van der Waals surface area contributed by atoms with Gasteiger partial charge < -0.3 is 25.3 Å². The van der Waals surface area contributed by atoms with E-state index >= 15 is 0 Å². The summed E-state index contributed by atoms with van der Waals surface area (Å²) in [6.07, 6.45) is -1.83. The number of benzene rings is 1. The lowest BCUT2D eigenvalue weighted by atomic mass is 10.1. The molecule has 152 valence electrons. The molecule has 1 aromatic heterocycles. The molecule has 1 heterocycles. The smallest absolute Gasteiger partial charge is 0.272 e. The number of aliphatic imine (C=N–C) groups is 1. The lowest BCUT2D eigenvalue weighted by Gasteiger charge is -2.10. The molecule has 7 nitrogen and oxygen atoms in total. The Morgan fingerprint density at radius 3 is 2.68 bits per heavy atom. The van der Waals surface area contributed by atoms with Crippen LogP contribution in [0.25, 0.3) is 0 Å². The molecule has 0 radical (unpaired) electrons. The summed E-state index contributed by atoms with van der Waals surface area (Å²) in [5.41, 5.74) is 7.48. The highest BCUT2D eigenvalue weighted by molar-refractivity contribution is 5.77. The molecule has 0 saturated carbocycles. The Morgan fingerprint density at radius 2 is 1.96 bits per heavy atom. The van der Waals surface area contributed by atoms with Crippen molar-refractivity contribution >= 4 is 5.96 Å². The van der Waals surface area contributed by atoms with Gasteiger partial charge in [-0.1, -0.05) is 12.1 Å². The van der Waals surface area contributed by atoms with Crippen molar-refractivity contribution in [1.29, 1.82) is 0 Å². The van der Waals surface area contributed by atoms with E-state index in [0.29, 0.717) is 30.2 Å². The number of hydrogen-bond acceptors (Lipinski definition) is 5. The van der Waals surface area contributed by atoms with Crippen molar-refractivity contribution in [2.24, 2.45) is 10.7 Å². The summed E-state index contributed by atoms with van der Waals surface area (Å²) in [4.78, 5) is 8.30. The molecule has 0 aliphatic carbocycles. The van der Waals surface area contributed by atoms with Crippen molar-refractivity contribution < 1.29 is 23.0 Å². The van der Waals surface area contributed by atoms with Gasteiger partial charge in [0.1, 0.15) is 0 Å². The van der Waals surface area contributed by atoms with E-state index in [-0.39, 0.29) is 18.4 Å². The predicted molar refractivity (Wildman–Crippen MR) is 102 cm³/mol. The van der Waals surface area contributed by atoms with Crippen LogP contribution in [-0.4, -0.2) is 44.7 Å². The Balaban J connectivity index is 1.82. The van der Waals surface area contributed by atoms with Crippen LogP contribution in [0.1, 0.15) is 11.3 Å². The number of ether oxygens (including phenoxy) is 3. The summed E-state index contributed by atoms with van der Waals surface area (Å²) in [6, 6.07) is 10.6. The SMILES string of the molecule is COc1ccc(CCNC(N)=NCc2cccc(OCC(F)F)n2)cc1OC. The molecule has 9 heteroatoms. The molecule has 0 aliphatic heterocycles. The first-order valence-corrected chi connectivity index (χ1v) is 8.63. The number of nitrogens with zero attached hydrogens (tertiary/aromatic N) is 2. The fourth-order valence-corrected chi connectivity index (χ4v) is 2.37. The number of aromatic nitrogens is 1. The second-order valence-corrected chi connectivity index (χ2v) is 5.74. The van der Waals surface area contributed by atoms with Crippen molar-refractivity contribution in [3.63, 3.8) is 0 Å². The number of nitrogens with two attached hydrogens (primary N) is 1. The Bertz CT molecular complexity index is 788. The fraction of sp³-hybridized carbons (Fsp3) is 0.368. The van der Waals surface area contributed by atoms with Crippen molar-refractivity contribution in [3.8, 4) is 17.4 Å². The van der Waals surface area contributed by atoms with Crippen LogP contribution in [0.3, 0.4) is 0 Å². The Hall–Kier alpha value is -3.10. The zero-order valence-electron chi connectivity index (χ0n) is 15.8. The molecule has 0 bridgehead atoms. The monoisotopic (exact) mass is 394 g/mol. The molecule has 3 N–H and O–H groups in total. The molecule has 0 aliphatic rings. The summed E-state index contributed by atoms with van der Waals surface area (Å²) in [6.45, 7) is 0.0937. The maximum Gasteiger partial charge on any atom is 0.272 e. The summed E-state index contributed by atoms with van der Waals surface area (Å²) < 4.78 is 39.7. The molecule has 0 fully saturated rings. The lowest BCUT2D eigenvalue weighted by molar-refractivity contribution is 0.0795. The number of rotatable bonds is 10. The summed E-state index contributed by atoms with van der Waals surface area (Å²) in [5, 5.41) is 3.02. The van der Waals surface area contributed by atoms with Crippen LogP contribution < -0.4 is 25.3 Å². The first kappa shape index (κ1) is 21.2. The predicted octanol–water partition coefficient (Wildman–Crippen LogP) is 2.39. The molecule has 2 rings (SSSR count). The highest BCUT2D eigenvalue weighted by atomic mass is 19.3. The van der Waals surface area contributed by atoms with E-state index in [4.69, 9.17) is 19.9 Å². The van der Waals surface area contributed by atoms with Crippen LogP contribution in [0.5, 0.6) is 17.4 Å². The lowest BCUT2D eigenvalue weighted by Crippen LogP contribution is -2.33. The van der Waals surface area contributed by atoms with Gasteiger partial charge in [0.05, 0.1) is 26.5 Å². The Kier molecular flexibility index (Phi) is 8.26.